The molecule has 0 fully saturated rings. The van der Waals surface area contributed by atoms with Gasteiger partial charge in [0.05, 0.1) is 0 Å². The summed E-state index contributed by atoms with van der Waals surface area (Å²) in [6.45, 7) is 28.9. The van der Waals surface area contributed by atoms with E-state index in [1.807, 2.05) is 22.7 Å². The molecule has 0 spiro atoms. The summed E-state index contributed by atoms with van der Waals surface area (Å²) < 4.78 is 0. The first kappa shape index (κ1) is 65.4. The summed E-state index contributed by atoms with van der Waals surface area (Å²) in [7, 11) is 0. The maximum atomic E-state index is 2.75. The normalized spacial score (nSPS) is 14.4. The van der Waals surface area contributed by atoms with E-state index in [1.54, 1.807) is 57.8 Å². The molecule has 0 bridgehead atoms. The summed E-state index contributed by atoms with van der Waals surface area (Å²) >= 11 is 12.7. The highest BCUT2D eigenvalue weighted by molar-refractivity contribution is 7.30. The monoisotopic (exact) mass is 1170 g/mol. The van der Waals surface area contributed by atoms with Crippen LogP contribution in [-0.4, -0.2) is 0 Å². The van der Waals surface area contributed by atoms with Crippen molar-refractivity contribution in [2.75, 3.05) is 0 Å². The number of hydrogen-bond donors (Lipinski definition) is 0. The van der Waals surface area contributed by atoms with E-state index in [0.29, 0.717) is 11.8 Å². The third kappa shape index (κ3) is 18.9. The Labute approximate surface area is 504 Å². The van der Waals surface area contributed by atoms with E-state index < -0.39 is 0 Å². The number of rotatable bonds is 41. The predicted octanol–water partition coefficient (Wildman–Crippen LogP) is 26.9. The summed E-state index contributed by atoms with van der Waals surface area (Å²) in [4.78, 5) is 15.5. The Kier molecular flexibility index (Phi) is 29.6. The van der Waals surface area contributed by atoms with Crippen LogP contribution in [-0.2, 0) is 38.5 Å². The van der Waals surface area contributed by atoms with E-state index in [-0.39, 0.29) is 0 Å². The van der Waals surface area contributed by atoms with Crippen LogP contribution in [0.3, 0.4) is 0 Å². The molecule has 6 aromatic heterocycles. The van der Waals surface area contributed by atoms with Crippen LogP contribution in [0.25, 0.3) is 48.8 Å². The van der Waals surface area contributed by atoms with Gasteiger partial charge < -0.3 is 0 Å². The minimum Gasteiger partial charge on any atom is -0.143 e. The molecule has 0 saturated heterocycles. The maximum Gasteiger partial charge on any atom is 0.0481 e. The molecular formula is C72H110S6. The molecule has 434 valence electrons. The van der Waals surface area contributed by atoms with Crippen LogP contribution in [0.1, 0.15) is 271 Å². The van der Waals surface area contributed by atoms with E-state index in [1.165, 1.54) is 217 Å². The third-order valence-corrected chi connectivity index (χ3v) is 25.6. The molecule has 0 aliphatic rings. The Hall–Kier alpha value is -1.80. The lowest BCUT2D eigenvalue weighted by Crippen LogP contribution is -2.04. The van der Waals surface area contributed by atoms with Crippen LogP contribution < -0.4 is 0 Å². The van der Waals surface area contributed by atoms with Gasteiger partial charge in [-0.1, -0.05) is 237 Å². The zero-order valence-electron chi connectivity index (χ0n) is 51.7. The van der Waals surface area contributed by atoms with Crippen molar-refractivity contribution in [3.8, 4) is 48.8 Å². The fraction of sp³-hybridized carbons (Fsp3) is 0.667. The minimum atomic E-state index is 0.713. The molecule has 0 saturated carbocycles. The lowest BCUT2D eigenvalue weighted by molar-refractivity contribution is 0.449. The van der Waals surface area contributed by atoms with Crippen molar-refractivity contribution in [2.45, 2.75) is 276 Å². The van der Waals surface area contributed by atoms with Crippen molar-refractivity contribution in [2.24, 2.45) is 35.5 Å². The fourth-order valence-corrected chi connectivity index (χ4v) is 19.8. The van der Waals surface area contributed by atoms with Crippen molar-refractivity contribution >= 4 is 68.0 Å². The molecule has 6 atom stereocenters. The van der Waals surface area contributed by atoms with Crippen LogP contribution in [0, 0.1) is 35.5 Å². The van der Waals surface area contributed by atoms with Crippen LogP contribution in [0.5, 0.6) is 0 Å². The second-order valence-electron chi connectivity index (χ2n) is 24.2. The zero-order chi connectivity index (χ0) is 55.8. The van der Waals surface area contributed by atoms with Crippen LogP contribution in [0.2, 0.25) is 0 Å². The van der Waals surface area contributed by atoms with Crippen LogP contribution in [0.15, 0.2) is 47.2 Å². The predicted molar refractivity (Wildman–Crippen MR) is 363 cm³/mol. The second kappa shape index (κ2) is 35.4. The summed E-state index contributed by atoms with van der Waals surface area (Å²) in [5.41, 5.74) is 9.65. The molecule has 0 radical (unpaired) electrons. The van der Waals surface area contributed by atoms with Gasteiger partial charge in [-0.15, -0.1) is 68.0 Å². The first-order valence-corrected chi connectivity index (χ1v) is 37.8. The number of unbranched alkanes of at least 4 members (excludes halogenated alkanes) is 6. The lowest BCUT2D eigenvalue weighted by atomic mass is 9.90. The van der Waals surface area contributed by atoms with Crippen LogP contribution in [0.4, 0.5) is 0 Å². The highest BCUT2D eigenvalue weighted by atomic mass is 32.1. The topological polar surface area (TPSA) is 0 Å². The number of thiophene rings is 6. The van der Waals surface area contributed by atoms with Gasteiger partial charge in [-0.3, -0.25) is 0 Å². The first-order chi connectivity index (χ1) is 38.1. The smallest absolute Gasteiger partial charge is 0.0481 e. The summed E-state index contributed by atoms with van der Waals surface area (Å²) in [6.07, 6.45) is 38.6. The fourth-order valence-electron chi connectivity index (χ4n) is 12.5. The van der Waals surface area contributed by atoms with Crippen molar-refractivity contribution < 1.29 is 0 Å². The lowest BCUT2D eigenvalue weighted by Gasteiger charge is -2.15. The van der Waals surface area contributed by atoms with Crippen molar-refractivity contribution in [3.63, 3.8) is 0 Å². The van der Waals surface area contributed by atoms with Gasteiger partial charge in [0.1, 0.15) is 0 Å². The van der Waals surface area contributed by atoms with Gasteiger partial charge >= 0.3 is 0 Å². The van der Waals surface area contributed by atoms with E-state index in [2.05, 4.69) is 176 Å². The summed E-state index contributed by atoms with van der Waals surface area (Å²) in [6, 6.07) is 16.0. The molecule has 0 N–H and O–H groups in total. The molecule has 0 aliphatic carbocycles. The molecule has 6 heteroatoms. The molecule has 6 unspecified atom stereocenters. The SMILES string of the molecule is CCCCC(CC)Cc1csc(-c2sc(-c3sc(-c4sc(-c5sc(-c6sccc6CC(CC)CCCC)cc5CC(CC)CCCC)cc4CC(CC)CCCC)cc3CC(CC)CCCC)cc2CC(CC)CCCC)c1. The molecule has 0 amide bonds. The van der Waals surface area contributed by atoms with E-state index >= 15 is 0 Å². The van der Waals surface area contributed by atoms with E-state index in [4.69, 9.17) is 0 Å². The van der Waals surface area contributed by atoms with Gasteiger partial charge in [-0.25, -0.2) is 0 Å². The van der Waals surface area contributed by atoms with Gasteiger partial charge in [-0.05, 0) is 155 Å². The molecule has 0 nitrogen and oxygen atoms in total. The Balaban J connectivity index is 1.53. The van der Waals surface area contributed by atoms with Crippen LogP contribution >= 0.6 is 68.0 Å². The van der Waals surface area contributed by atoms with Gasteiger partial charge in [-0.2, -0.15) is 0 Å². The third-order valence-electron chi connectivity index (χ3n) is 18.1. The Bertz CT molecular complexity index is 2540. The highest BCUT2D eigenvalue weighted by Gasteiger charge is 2.27. The van der Waals surface area contributed by atoms with Gasteiger partial charge in [0.25, 0.3) is 0 Å². The average Bonchev–Trinajstić information content (AvgIpc) is 4.35. The molecule has 6 heterocycles. The van der Waals surface area contributed by atoms with E-state index in [9.17, 15) is 0 Å². The molecule has 0 aliphatic heterocycles. The van der Waals surface area contributed by atoms with Gasteiger partial charge in [0.15, 0.2) is 0 Å². The quantitative estimate of drug-likeness (QED) is 0.0359. The Morgan fingerprint density at radius 2 is 0.577 bits per heavy atom. The average molecular weight is 1170 g/mol. The standard InChI is InChI=1S/C72H110S6/c1-13-25-31-51(19-7)39-57-45-63(74-50-57)69-59(41-53(21-9)33-27-15-3)47-65(76-69)71-61(43-55(23-11)35-29-17-5)49-67(78-71)72-62(44-56(24-12)36-30-18-6)48-66(77-72)70-60(42-54(22-10)34-28-16-4)46-64(75-70)68-58(37-38-73-68)40-52(20-8)32-26-14-2/h37-38,45-56H,13-36,39-44H2,1-12H3. The largest absolute Gasteiger partial charge is 0.143 e. The summed E-state index contributed by atoms with van der Waals surface area (Å²) in [5, 5.41) is 4.93. The molecule has 0 aromatic carbocycles. The molecule has 6 aromatic rings. The minimum absolute atomic E-state index is 0.713. The molecular weight excluding hydrogens is 1060 g/mol. The first-order valence-electron chi connectivity index (χ1n) is 32.8. The van der Waals surface area contributed by atoms with Crippen molar-refractivity contribution in [1.29, 1.82) is 0 Å². The molecule has 78 heavy (non-hydrogen) atoms. The van der Waals surface area contributed by atoms with Gasteiger partial charge in [0, 0.05) is 48.8 Å². The van der Waals surface area contributed by atoms with E-state index in [0.717, 1.165) is 23.7 Å². The highest BCUT2D eigenvalue weighted by Crippen LogP contribution is 2.53. The zero-order valence-corrected chi connectivity index (χ0v) is 56.6. The second-order valence-corrected chi connectivity index (χ2v) is 30.2. The Morgan fingerprint density at radius 1 is 0.295 bits per heavy atom. The Morgan fingerprint density at radius 3 is 0.885 bits per heavy atom. The number of hydrogen-bond acceptors (Lipinski definition) is 6. The summed E-state index contributed by atoms with van der Waals surface area (Å²) in [5.74, 6) is 4.45. The maximum absolute atomic E-state index is 2.75. The molecule has 6 rings (SSSR count). The van der Waals surface area contributed by atoms with Crippen molar-refractivity contribution in [1.82, 2.24) is 0 Å². The van der Waals surface area contributed by atoms with Gasteiger partial charge in [0.2, 0.25) is 0 Å². The van der Waals surface area contributed by atoms with Crippen molar-refractivity contribution in [3.05, 3.63) is 80.5 Å².